The SMILES string of the molecule is CC(C(=O)Nc1cccc(C(F)(F)F)c1)N(c1ccc(Cl)cc1)S(C)(=O)=O. The molecule has 0 aliphatic heterocycles. The van der Waals surface area contributed by atoms with E-state index < -0.39 is 33.7 Å². The second-order valence-corrected chi connectivity index (χ2v) is 8.07. The number of amides is 1. The van der Waals surface area contributed by atoms with Crippen molar-refractivity contribution < 1.29 is 26.4 Å². The van der Waals surface area contributed by atoms with Crippen molar-refractivity contribution in [2.45, 2.75) is 19.1 Å². The fourth-order valence-electron chi connectivity index (χ4n) is 2.42. The Bertz CT molecular complexity index is 931. The molecule has 5 nitrogen and oxygen atoms in total. The predicted octanol–water partition coefficient (Wildman–Crippen LogP) is 4.15. The Balaban J connectivity index is 2.29. The summed E-state index contributed by atoms with van der Waals surface area (Å²) in [6.07, 6.45) is -3.63. The molecule has 10 heteroatoms. The summed E-state index contributed by atoms with van der Waals surface area (Å²) in [5, 5.41) is 2.70. The van der Waals surface area contributed by atoms with Gasteiger partial charge in [0, 0.05) is 10.7 Å². The van der Waals surface area contributed by atoms with Gasteiger partial charge < -0.3 is 5.32 Å². The molecule has 0 fully saturated rings. The zero-order valence-corrected chi connectivity index (χ0v) is 15.9. The molecule has 146 valence electrons. The van der Waals surface area contributed by atoms with Crippen LogP contribution in [0.25, 0.3) is 0 Å². The van der Waals surface area contributed by atoms with E-state index in [2.05, 4.69) is 5.32 Å². The molecule has 0 heterocycles. The van der Waals surface area contributed by atoms with E-state index in [-0.39, 0.29) is 11.4 Å². The number of hydrogen-bond acceptors (Lipinski definition) is 3. The molecule has 0 spiro atoms. The van der Waals surface area contributed by atoms with Crippen molar-refractivity contribution in [3.8, 4) is 0 Å². The van der Waals surface area contributed by atoms with E-state index in [1.807, 2.05) is 0 Å². The summed E-state index contributed by atoms with van der Waals surface area (Å²) in [6.45, 7) is 1.33. The summed E-state index contributed by atoms with van der Waals surface area (Å²) in [5.74, 6) is -0.783. The van der Waals surface area contributed by atoms with Gasteiger partial charge >= 0.3 is 6.18 Å². The van der Waals surface area contributed by atoms with Gasteiger partial charge in [-0.05, 0) is 49.4 Å². The first-order valence-electron chi connectivity index (χ1n) is 7.62. The molecule has 0 saturated heterocycles. The highest BCUT2D eigenvalue weighted by atomic mass is 35.5. The van der Waals surface area contributed by atoms with Crippen molar-refractivity contribution in [1.82, 2.24) is 0 Å². The van der Waals surface area contributed by atoms with Crippen LogP contribution in [0.2, 0.25) is 5.02 Å². The van der Waals surface area contributed by atoms with Gasteiger partial charge in [-0.3, -0.25) is 9.10 Å². The van der Waals surface area contributed by atoms with E-state index >= 15 is 0 Å². The molecular formula is C17H16ClF3N2O3S. The van der Waals surface area contributed by atoms with E-state index in [1.54, 1.807) is 0 Å². The van der Waals surface area contributed by atoms with Crippen LogP contribution < -0.4 is 9.62 Å². The van der Waals surface area contributed by atoms with Gasteiger partial charge in [0.05, 0.1) is 17.5 Å². The smallest absolute Gasteiger partial charge is 0.324 e. The van der Waals surface area contributed by atoms with Crippen LogP contribution in [0.3, 0.4) is 0 Å². The third-order valence-corrected chi connectivity index (χ3v) is 5.12. The van der Waals surface area contributed by atoms with Gasteiger partial charge in [0.1, 0.15) is 6.04 Å². The van der Waals surface area contributed by atoms with E-state index in [9.17, 15) is 26.4 Å². The molecule has 0 saturated carbocycles. The Morgan fingerprint density at radius 2 is 1.74 bits per heavy atom. The van der Waals surface area contributed by atoms with Crippen molar-refractivity contribution in [2.24, 2.45) is 0 Å². The summed E-state index contributed by atoms with van der Waals surface area (Å²) in [6, 6.07) is 8.65. The zero-order chi connectivity index (χ0) is 20.4. The number of rotatable bonds is 5. The average Bonchev–Trinajstić information content (AvgIpc) is 2.55. The summed E-state index contributed by atoms with van der Waals surface area (Å²) in [5.41, 5.74) is -0.814. The van der Waals surface area contributed by atoms with Crippen molar-refractivity contribution in [3.05, 3.63) is 59.1 Å². The van der Waals surface area contributed by atoms with Crippen LogP contribution in [0.1, 0.15) is 12.5 Å². The van der Waals surface area contributed by atoms with Crippen LogP contribution in [0, 0.1) is 0 Å². The van der Waals surface area contributed by atoms with E-state index in [1.165, 1.54) is 37.3 Å². The lowest BCUT2D eigenvalue weighted by Crippen LogP contribution is -2.45. The summed E-state index contributed by atoms with van der Waals surface area (Å²) in [4.78, 5) is 12.5. The van der Waals surface area contributed by atoms with Crippen LogP contribution in [-0.4, -0.2) is 26.6 Å². The molecule has 2 rings (SSSR count). The van der Waals surface area contributed by atoms with E-state index in [0.29, 0.717) is 5.02 Å². The van der Waals surface area contributed by atoms with Crippen LogP contribution in [0.4, 0.5) is 24.5 Å². The Morgan fingerprint density at radius 1 is 1.15 bits per heavy atom. The molecule has 1 atom stereocenters. The van der Waals surface area contributed by atoms with Gasteiger partial charge in [0.15, 0.2) is 0 Å². The first-order chi connectivity index (χ1) is 12.4. The van der Waals surface area contributed by atoms with Crippen LogP contribution in [-0.2, 0) is 21.0 Å². The highest BCUT2D eigenvalue weighted by Gasteiger charge is 2.32. The fraction of sp³-hybridized carbons (Fsp3) is 0.235. The first-order valence-corrected chi connectivity index (χ1v) is 9.85. The van der Waals surface area contributed by atoms with Gasteiger partial charge in [-0.15, -0.1) is 0 Å². The minimum absolute atomic E-state index is 0.0915. The van der Waals surface area contributed by atoms with Crippen molar-refractivity contribution in [2.75, 3.05) is 15.9 Å². The number of nitrogens with one attached hydrogen (secondary N) is 1. The lowest BCUT2D eigenvalue weighted by Gasteiger charge is -2.28. The second-order valence-electron chi connectivity index (χ2n) is 5.78. The van der Waals surface area contributed by atoms with Crippen molar-refractivity contribution in [1.29, 1.82) is 0 Å². The van der Waals surface area contributed by atoms with Gasteiger partial charge in [0.2, 0.25) is 15.9 Å². The molecule has 0 aromatic heterocycles. The number of sulfonamides is 1. The molecule has 2 aromatic carbocycles. The standard InChI is InChI=1S/C17H16ClF3N2O3S/c1-11(23(27(2,25)26)15-8-6-13(18)7-9-15)16(24)22-14-5-3-4-12(10-14)17(19,20)21/h3-11H,1-2H3,(H,22,24). The number of carbonyl (C=O) groups excluding carboxylic acids is 1. The normalized spacial score (nSPS) is 13.1. The molecule has 1 amide bonds. The Kier molecular flexibility index (Phi) is 6.06. The summed E-state index contributed by atoms with van der Waals surface area (Å²) >= 11 is 5.79. The summed E-state index contributed by atoms with van der Waals surface area (Å²) < 4.78 is 63.6. The van der Waals surface area contributed by atoms with E-state index in [0.717, 1.165) is 28.8 Å². The maximum absolute atomic E-state index is 12.8. The zero-order valence-electron chi connectivity index (χ0n) is 14.3. The third-order valence-electron chi connectivity index (χ3n) is 3.63. The first kappa shape index (κ1) is 21.0. The maximum atomic E-state index is 12.8. The van der Waals surface area contributed by atoms with Crippen LogP contribution >= 0.6 is 11.6 Å². The van der Waals surface area contributed by atoms with Crippen LogP contribution in [0.15, 0.2) is 48.5 Å². The second kappa shape index (κ2) is 7.77. The molecular weight excluding hydrogens is 405 g/mol. The number of halogens is 4. The van der Waals surface area contributed by atoms with Gasteiger partial charge in [-0.2, -0.15) is 13.2 Å². The Labute approximate surface area is 159 Å². The molecule has 1 N–H and O–H groups in total. The van der Waals surface area contributed by atoms with Crippen molar-refractivity contribution >= 4 is 38.9 Å². The third kappa shape index (κ3) is 5.36. The number of nitrogens with zero attached hydrogens (tertiary/aromatic N) is 1. The number of benzene rings is 2. The lowest BCUT2D eigenvalue weighted by molar-refractivity contribution is -0.137. The summed E-state index contributed by atoms with van der Waals surface area (Å²) in [7, 11) is -3.85. The largest absolute Gasteiger partial charge is 0.416 e. The lowest BCUT2D eigenvalue weighted by atomic mass is 10.2. The number of anilines is 2. The highest BCUT2D eigenvalue weighted by Crippen LogP contribution is 2.31. The van der Waals surface area contributed by atoms with Gasteiger partial charge in [-0.25, -0.2) is 8.42 Å². The molecule has 2 aromatic rings. The monoisotopic (exact) mass is 420 g/mol. The molecule has 1 unspecified atom stereocenters. The van der Waals surface area contributed by atoms with Crippen LogP contribution in [0.5, 0.6) is 0 Å². The van der Waals surface area contributed by atoms with Crippen molar-refractivity contribution in [3.63, 3.8) is 0 Å². The number of hydrogen-bond donors (Lipinski definition) is 1. The highest BCUT2D eigenvalue weighted by molar-refractivity contribution is 7.92. The number of alkyl halides is 3. The molecule has 0 bridgehead atoms. The quantitative estimate of drug-likeness (QED) is 0.790. The average molecular weight is 421 g/mol. The molecule has 0 aliphatic rings. The Morgan fingerprint density at radius 3 is 2.26 bits per heavy atom. The van der Waals surface area contributed by atoms with E-state index in [4.69, 9.17) is 11.6 Å². The van der Waals surface area contributed by atoms with Gasteiger partial charge in [0.25, 0.3) is 0 Å². The minimum atomic E-state index is -4.56. The molecule has 27 heavy (non-hydrogen) atoms. The molecule has 0 radical (unpaired) electrons. The number of carbonyl (C=O) groups is 1. The fourth-order valence-corrected chi connectivity index (χ4v) is 3.72. The topological polar surface area (TPSA) is 66.5 Å². The van der Waals surface area contributed by atoms with Gasteiger partial charge in [-0.1, -0.05) is 17.7 Å². The maximum Gasteiger partial charge on any atom is 0.416 e. The molecule has 0 aliphatic carbocycles. The Hall–Kier alpha value is -2.26. The predicted molar refractivity (Wildman–Crippen MR) is 98.3 cm³/mol. The minimum Gasteiger partial charge on any atom is -0.324 e.